The molecule has 0 spiro atoms. The molecule has 3 rings (SSSR count). The second kappa shape index (κ2) is 3.56. The Balaban J connectivity index is 2.25. The van der Waals surface area contributed by atoms with Gasteiger partial charge in [-0.1, -0.05) is 48.5 Å². The van der Waals surface area contributed by atoms with Gasteiger partial charge in [0.05, 0.1) is 11.1 Å². The minimum atomic E-state index is -0.0716. The number of para-hydroxylation sites is 1. The summed E-state index contributed by atoms with van der Waals surface area (Å²) in [5.74, 6) is 0. The Hall–Kier alpha value is -1.89. The van der Waals surface area contributed by atoms with Crippen molar-refractivity contribution in [2.24, 2.45) is 4.99 Å². The minimum Gasteiger partial charge on any atom is -0.257 e. The van der Waals surface area contributed by atoms with Gasteiger partial charge < -0.3 is 0 Å². The van der Waals surface area contributed by atoms with Crippen molar-refractivity contribution in [3.63, 3.8) is 0 Å². The maximum atomic E-state index is 4.70. The van der Waals surface area contributed by atoms with E-state index in [-0.39, 0.29) is 5.41 Å². The fourth-order valence-electron chi connectivity index (χ4n) is 2.62. The zero-order valence-electron chi connectivity index (χ0n) is 10.1. The van der Waals surface area contributed by atoms with Gasteiger partial charge in [-0.05, 0) is 31.0 Å². The Bertz CT molecular complexity index is 583. The molecule has 0 N–H and O–H groups in total. The number of benzene rings is 2. The average Bonchev–Trinajstić information content (AvgIpc) is 2.64. The third kappa shape index (κ3) is 1.35. The van der Waals surface area contributed by atoms with Crippen LogP contribution < -0.4 is 0 Å². The highest BCUT2D eigenvalue weighted by atomic mass is 14.8. The SMILES string of the molecule is CC1=Nc2ccccc2[C@]1(C)c1ccccc1. The number of hydrogen-bond acceptors (Lipinski definition) is 1. The molecule has 17 heavy (non-hydrogen) atoms. The van der Waals surface area contributed by atoms with Gasteiger partial charge in [0.25, 0.3) is 0 Å². The highest BCUT2D eigenvalue weighted by Crippen LogP contribution is 2.44. The maximum Gasteiger partial charge on any atom is 0.0674 e. The second-order valence-electron chi connectivity index (χ2n) is 4.71. The lowest BCUT2D eigenvalue weighted by Crippen LogP contribution is -2.28. The van der Waals surface area contributed by atoms with Crippen molar-refractivity contribution in [3.8, 4) is 0 Å². The van der Waals surface area contributed by atoms with Crippen LogP contribution in [0.25, 0.3) is 0 Å². The van der Waals surface area contributed by atoms with Crippen LogP contribution in [0, 0.1) is 0 Å². The minimum absolute atomic E-state index is 0.0716. The predicted octanol–water partition coefficient (Wildman–Crippen LogP) is 4.10. The van der Waals surface area contributed by atoms with E-state index in [4.69, 9.17) is 4.99 Å². The first-order chi connectivity index (χ1) is 8.23. The molecular formula is C16H15N. The van der Waals surface area contributed by atoms with E-state index in [0.717, 1.165) is 5.69 Å². The summed E-state index contributed by atoms with van der Waals surface area (Å²) in [5, 5.41) is 0. The second-order valence-corrected chi connectivity index (χ2v) is 4.71. The Morgan fingerprint density at radius 2 is 1.53 bits per heavy atom. The molecule has 2 aromatic carbocycles. The standard InChI is InChI=1S/C16H15N/c1-12-16(2,13-8-4-3-5-9-13)14-10-6-7-11-15(14)17-12/h3-11H,1-2H3/t16-/m0/s1. The van der Waals surface area contributed by atoms with E-state index in [1.807, 2.05) is 6.07 Å². The van der Waals surface area contributed by atoms with Crippen LogP contribution in [0.2, 0.25) is 0 Å². The Labute approximate surface area is 102 Å². The summed E-state index contributed by atoms with van der Waals surface area (Å²) in [6.07, 6.45) is 0. The summed E-state index contributed by atoms with van der Waals surface area (Å²) in [6.45, 7) is 4.38. The maximum absolute atomic E-state index is 4.70. The van der Waals surface area contributed by atoms with Gasteiger partial charge in [-0.15, -0.1) is 0 Å². The van der Waals surface area contributed by atoms with E-state index in [2.05, 4.69) is 62.4 Å². The van der Waals surface area contributed by atoms with Gasteiger partial charge in [-0.25, -0.2) is 0 Å². The van der Waals surface area contributed by atoms with Crippen molar-refractivity contribution >= 4 is 11.4 Å². The van der Waals surface area contributed by atoms with Gasteiger partial charge in [0.2, 0.25) is 0 Å². The molecule has 84 valence electrons. The molecule has 2 aromatic rings. The zero-order valence-corrected chi connectivity index (χ0v) is 10.1. The molecule has 1 atom stereocenters. The van der Waals surface area contributed by atoms with Gasteiger partial charge in [0.15, 0.2) is 0 Å². The smallest absolute Gasteiger partial charge is 0.0674 e. The summed E-state index contributed by atoms with van der Waals surface area (Å²) < 4.78 is 0. The van der Waals surface area contributed by atoms with Crippen molar-refractivity contribution in [2.45, 2.75) is 19.3 Å². The first-order valence-corrected chi connectivity index (χ1v) is 5.94. The van der Waals surface area contributed by atoms with Crippen molar-refractivity contribution < 1.29 is 0 Å². The lowest BCUT2D eigenvalue weighted by molar-refractivity contribution is 0.789. The predicted molar refractivity (Wildman–Crippen MR) is 72.1 cm³/mol. The molecule has 0 aliphatic carbocycles. The van der Waals surface area contributed by atoms with Gasteiger partial charge in [-0.3, -0.25) is 4.99 Å². The molecule has 1 aliphatic heterocycles. The van der Waals surface area contributed by atoms with Gasteiger partial charge >= 0.3 is 0 Å². The number of nitrogens with zero attached hydrogens (tertiary/aromatic N) is 1. The highest BCUT2D eigenvalue weighted by molar-refractivity contribution is 6.02. The molecule has 1 nitrogen and oxygen atoms in total. The lowest BCUT2D eigenvalue weighted by Gasteiger charge is -2.26. The van der Waals surface area contributed by atoms with E-state index in [0.29, 0.717) is 0 Å². The highest BCUT2D eigenvalue weighted by Gasteiger charge is 2.37. The van der Waals surface area contributed by atoms with Crippen LogP contribution in [0.5, 0.6) is 0 Å². The van der Waals surface area contributed by atoms with E-state index in [1.54, 1.807) is 0 Å². The molecule has 1 heterocycles. The Kier molecular flexibility index (Phi) is 2.15. The van der Waals surface area contributed by atoms with Crippen LogP contribution in [0.4, 0.5) is 5.69 Å². The van der Waals surface area contributed by atoms with Gasteiger partial charge in [0.1, 0.15) is 0 Å². The summed E-state index contributed by atoms with van der Waals surface area (Å²) in [4.78, 5) is 4.70. The quantitative estimate of drug-likeness (QED) is 0.687. The lowest BCUT2D eigenvalue weighted by atomic mass is 9.74. The first kappa shape index (κ1) is 10.3. The molecule has 1 aliphatic rings. The number of hydrogen-bond donors (Lipinski definition) is 0. The van der Waals surface area contributed by atoms with Crippen molar-refractivity contribution in [3.05, 3.63) is 65.7 Å². The van der Waals surface area contributed by atoms with Crippen LogP contribution in [0.15, 0.2) is 59.6 Å². The summed E-state index contributed by atoms with van der Waals surface area (Å²) in [5.41, 5.74) is 4.83. The molecule has 0 saturated carbocycles. The molecule has 1 heteroatoms. The third-order valence-corrected chi connectivity index (χ3v) is 3.81. The summed E-state index contributed by atoms with van der Waals surface area (Å²) in [7, 11) is 0. The van der Waals surface area contributed by atoms with Gasteiger partial charge in [0, 0.05) is 5.71 Å². The molecule has 0 unspecified atom stereocenters. The molecular weight excluding hydrogens is 206 g/mol. The largest absolute Gasteiger partial charge is 0.257 e. The molecule has 0 amide bonds. The van der Waals surface area contributed by atoms with Crippen molar-refractivity contribution in [2.75, 3.05) is 0 Å². The average molecular weight is 221 g/mol. The van der Waals surface area contributed by atoms with Crippen molar-refractivity contribution in [1.29, 1.82) is 0 Å². The summed E-state index contributed by atoms with van der Waals surface area (Å²) in [6, 6.07) is 19.0. The topological polar surface area (TPSA) is 12.4 Å². The normalized spacial score (nSPS) is 22.1. The monoisotopic (exact) mass is 221 g/mol. The molecule has 0 fully saturated rings. The van der Waals surface area contributed by atoms with E-state index < -0.39 is 0 Å². The molecule has 0 bridgehead atoms. The zero-order chi connectivity index (χ0) is 11.9. The number of fused-ring (bicyclic) bond motifs is 1. The molecule has 0 radical (unpaired) electrons. The first-order valence-electron chi connectivity index (χ1n) is 5.94. The fraction of sp³-hybridized carbons (Fsp3) is 0.188. The van der Waals surface area contributed by atoms with Crippen LogP contribution in [0.1, 0.15) is 25.0 Å². The number of rotatable bonds is 1. The molecule has 0 saturated heterocycles. The third-order valence-electron chi connectivity index (χ3n) is 3.81. The van der Waals surface area contributed by atoms with E-state index in [9.17, 15) is 0 Å². The van der Waals surface area contributed by atoms with Crippen LogP contribution in [-0.2, 0) is 5.41 Å². The van der Waals surface area contributed by atoms with Crippen LogP contribution in [0.3, 0.4) is 0 Å². The van der Waals surface area contributed by atoms with Crippen molar-refractivity contribution in [1.82, 2.24) is 0 Å². The van der Waals surface area contributed by atoms with Crippen LogP contribution >= 0.6 is 0 Å². The van der Waals surface area contributed by atoms with Crippen LogP contribution in [-0.4, -0.2) is 5.71 Å². The summed E-state index contributed by atoms with van der Waals surface area (Å²) >= 11 is 0. The van der Waals surface area contributed by atoms with E-state index in [1.165, 1.54) is 16.8 Å². The molecule has 0 aromatic heterocycles. The Morgan fingerprint density at radius 3 is 2.29 bits per heavy atom. The van der Waals surface area contributed by atoms with Gasteiger partial charge in [-0.2, -0.15) is 0 Å². The Morgan fingerprint density at radius 1 is 0.882 bits per heavy atom. The number of aliphatic imine (C=N–C) groups is 1. The fourth-order valence-corrected chi connectivity index (χ4v) is 2.62. The van der Waals surface area contributed by atoms with E-state index >= 15 is 0 Å².